The van der Waals surface area contributed by atoms with Crippen molar-refractivity contribution in [1.29, 1.82) is 0 Å². The first-order valence-electron chi connectivity index (χ1n) is 6.48. The van der Waals surface area contributed by atoms with Crippen molar-refractivity contribution in [3.63, 3.8) is 0 Å². The molecule has 0 saturated carbocycles. The minimum absolute atomic E-state index is 0.103. The summed E-state index contributed by atoms with van der Waals surface area (Å²) in [4.78, 5) is 22.3. The Morgan fingerprint density at radius 2 is 2.05 bits per heavy atom. The molecule has 0 atom stereocenters. The molecule has 4 N–H and O–H groups in total. The first-order valence-corrected chi connectivity index (χ1v) is 8.22. The Balaban J connectivity index is 1.73. The van der Waals surface area contributed by atoms with Crippen LogP contribution in [0.15, 0.2) is 34.0 Å². The summed E-state index contributed by atoms with van der Waals surface area (Å²) in [6, 6.07) is 7.17. The fourth-order valence-corrected chi connectivity index (χ4v) is 3.56. The number of anilines is 1. The zero-order valence-corrected chi connectivity index (χ0v) is 13.6. The summed E-state index contributed by atoms with van der Waals surface area (Å²) >= 11 is 13.7. The van der Waals surface area contributed by atoms with Gasteiger partial charge in [-0.15, -0.1) is 11.8 Å². The van der Waals surface area contributed by atoms with Gasteiger partial charge in [0, 0.05) is 21.4 Å². The molecule has 114 valence electrons. The summed E-state index contributed by atoms with van der Waals surface area (Å²) in [5, 5.41) is 1.84. The maximum absolute atomic E-state index is 11.8. The van der Waals surface area contributed by atoms with Crippen molar-refractivity contribution in [2.45, 2.75) is 11.3 Å². The first kappa shape index (κ1) is 15.3. The molecule has 0 radical (unpaired) electrons. The highest BCUT2D eigenvalue weighted by atomic mass is 35.5. The van der Waals surface area contributed by atoms with Crippen molar-refractivity contribution in [1.82, 2.24) is 15.0 Å². The van der Waals surface area contributed by atoms with Crippen LogP contribution in [-0.2, 0) is 6.42 Å². The second-order valence-electron chi connectivity index (χ2n) is 4.68. The van der Waals surface area contributed by atoms with E-state index >= 15 is 0 Å². The number of hydrogen-bond donors (Lipinski definition) is 3. The van der Waals surface area contributed by atoms with Gasteiger partial charge in [-0.2, -0.15) is 4.98 Å². The Labute approximate surface area is 140 Å². The van der Waals surface area contributed by atoms with Crippen molar-refractivity contribution < 1.29 is 0 Å². The lowest BCUT2D eigenvalue weighted by Gasteiger charge is -2.04. The molecule has 3 aromatic rings. The second-order valence-corrected chi connectivity index (χ2v) is 6.66. The predicted molar refractivity (Wildman–Crippen MR) is 92.0 cm³/mol. The molecule has 0 aliphatic carbocycles. The predicted octanol–water partition coefficient (Wildman–Crippen LogP) is 3.48. The number of nitrogens with zero attached hydrogens (tertiary/aromatic N) is 1. The van der Waals surface area contributed by atoms with Gasteiger partial charge in [-0.25, -0.2) is 0 Å². The Hall–Kier alpha value is -1.63. The number of benzene rings is 1. The smallest absolute Gasteiger partial charge is 0.261 e. The molecule has 22 heavy (non-hydrogen) atoms. The van der Waals surface area contributed by atoms with Gasteiger partial charge in [0.05, 0.1) is 10.4 Å². The molecule has 2 aromatic heterocycles. The number of H-pyrrole nitrogens is 2. The van der Waals surface area contributed by atoms with Crippen LogP contribution >= 0.6 is 35.0 Å². The minimum atomic E-state index is -0.240. The number of rotatable bonds is 4. The number of nitrogens with one attached hydrogen (secondary N) is 2. The number of nitrogens with two attached hydrogens (primary N) is 1. The van der Waals surface area contributed by atoms with Gasteiger partial charge >= 0.3 is 0 Å². The fraction of sp³-hybridized carbons (Fsp3) is 0.143. The van der Waals surface area contributed by atoms with E-state index in [1.807, 2.05) is 6.07 Å². The Kier molecular flexibility index (Phi) is 4.33. The molecule has 2 heterocycles. The molecule has 0 aliphatic heterocycles. The molecular formula is C14H12Cl2N4OS. The largest absolute Gasteiger partial charge is 0.369 e. The maximum atomic E-state index is 11.8. The van der Waals surface area contributed by atoms with Crippen LogP contribution in [0, 0.1) is 0 Å². The standard InChI is InChI=1S/C14H12Cl2N4OS/c15-7-1-2-10(16)11(5-7)22-4-3-8-6-9-12(18-8)19-14(17)20-13(9)21/h1-2,5-6H,3-4H2,(H4,17,18,19,20,21). The van der Waals surface area contributed by atoms with Gasteiger partial charge in [-0.1, -0.05) is 23.2 Å². The van der Waals surface area contributed by atoms with Gasteiger partial charge < -0.3 is 10.7 Å². The number of aromatic nitrogens is 3. The molecule has 0 fully saturated rings. The van der Waals surface area contributed by atoms with E-state index in [1.54, 1.807) is 30.0 Å². The van der Waals surface area contributed by atoms with Gasteiger partial charge in [0.15, 0.2) is 0 Å². The third-order valence-corrected chi connectivity index (χ3v) is 4.83. The Bertz CT molecular complexity index is 890. The van der Waals surface area contributed by atoms with Gasteiger partial charge in [0.2, 0.25) is 5.95 Å². The van der Waals surface area contributed by atoms with E-state index in [-0.39, 0.29) is 11.5 Å². The van der Waals surface area contributed by atoms with Gasteiger partial charge in [-0.05, 0) is 30.7 Å². The van der Waals surface area contributed by atoms with Crippen LogP contribution in [0.4, 0.5) is 5.95 Å². The van der Waals surface area contributed by atoms with Crippen LogP contribution < -0.4 is 11.3 Å². The molecule has 0 bridgehead atoms. The molecule has 1 aromatic carbocycles. The monoisotopic (exact) mass is 354 g/mol. The zero-order chi connectivity index (χ0) is 15.7. The van der Waals surface area contributed by atoms with Gasteiger partial charge in [-0.3, -0.25) is 9.78 Å². The summed E-state index contributed by atoms with van der Waals surface area (Å²) < 4.78 is 0. The molecule has 0 saturated heterocycles. The molecule has 0 aliphatic rings. The van der Waals surface area contributed by atoms with Crippen molar-refractivity contribution in [2.75, 3.05) is 11.5 Å². The summed E-state index contributed by atoms with van der Waals surface area (Å²) in [5.74, 6) is 0.895. The lowest BCUT2D eigenvalue weighted by Crippen LogP contribution is -2.09. The van der Waals surface area contributed by atoms with Crippen LogP contribution in [0.2, 0.25) is 10.0 Å². The number of thioether (sulfide) groups is 1. The van der Waals surface area contributed by atoms with E-state index in [0.717, 1.165) is 22.8 Å². The summed E-state index contributed by atoms with van der Waals surface area (Å²) in [6.45, 7) is 0. The van der Waals surface area contributed by atoms with Crippen molar-refractivity contribution in [3.05, 3.63) is 50.4 Å². The third-order valence-electron chi connectivity index (χ3n) is 3.09. The number of aromatic amines is 2. The first-order chi connectivity index (χ1) is 10.5. The van der Waals surface area contributed by atoms with Crippen LogP contribution in [0.25, 0.3) is 11.0 Å². The number of hydrogen-bond acceptors (Lipinski definition) is 4. The zero-order valence-electron chi connectivity index (χ0n) is 11.3. The maximum Gasteiger partial charge on any atom is 0.261 e. The van der Waals surface area contributed by atoms with Crippen LogP contribution in [0.3, 0.4) is 0 Å². The topological polar surface area (TPSA) is 87.6 Å². The number of halogens is 2. The van der Waals surface area contributed by atoms with Crippen LogP contribution in [-0.4, -0.2) is 20.7 Å². The van der Waals surface area contributed by atoms with Gasteiger partial charge in [0.25, 0.3) is 5.56 Å². The van der Waals surface area contributed by atoms with Crippen molar-refractivity contribution in [3.8, 4) is 0 Å². The number of nitrogen functional groups attached to an aromatic ring is 1. The third kappa shape index (κ3) is 3.24. The minimum Gasteiger partial charge on any atom is -0.369 e. The molecule has 0 spiro atoms. The van der Waals surface area contributed by atoms with E-state index in [2.05, 4.69) is 15.0 Å². The quantitative estimate of drug-likeness (QED) is 0.626. The van der Waals surface area contributed by atoms with Crippen LogP contribution in [0.1, 0.15) is 5.69 Å². The highest BCUT2D eigenvalue weighted by Gasteiger charge is 2.08. The fourth-order valence-electron chi connectivity index (χ4n) is 2.08. The van der Waals surface area contributed by atoms with Crippen molar-refractivity contribution >= 4 is 51.9 Å². The lowest BCUT2D eigenvalue weighted by atomic mass is 10.3. The van der Waals surface area contributed by atoms with Gasteiger partial charge in [0.1, 0.15) is 5.65 Å². The second kappa shape index (κ2) is 6.24. The molecule has 3 rings (SSSR count). The summed E-state index contributed by atoms with van der Waals surface area (Å²) in [5.41, 5.74) is 6.71. The Morgan fingerprint density at radius 1 is 1.23 bits per heavy atom. The molecular weight excluding hydrogens is 343 g/mol. The Morgan fingerprint density at radius 3 is 2.86 bits per heavy atom. The van der Waals surface area contributed by atoms with E-state index in [9.17, 15) is 4.79 Å². The summed E-state index contributed by atoms with van der Waals surface area (Å²) in [7, 11) is 0. The highest BCUT2D eigenvalue weighted by molar-refractivity contribution is 7.99. The molecule has 8 heteroatoms. The SMILES string of the molecule is Nc1nc2[nH]c(CCSc3cc(Cl)ccc3Cl)cc2c(=O)[nH]1. The van der Waals surface area contributed by atoms with Crippen molar-refractivity contribution in [2.24, 2.45) is 0 Å². The molecule has 0 unspecified atom stereocenters. The normalized spacial score (nSPS) is 11.2. The lowest BCUT2D eigenvalue weighted by molar-refractivity contribution is 1.08. The number of aryl methyl sites for hydroxylation is 1. The highest BCUT2D eigenvalue weighted by Crippen LogP contribution is 2.30. The average Bonchev–Trinajstić information content (AvgIpc) is 2.86. The molecule has 0 amide bonds. The van der Waals surface area contributed by atoms with E-state index < -0.39 is 0 Å². The van der Waals surface area contributed by atoms with E-state index in [4.69, 9.17) is 28.9 Å². The van der Waals surface area contributed by atoms with Crippen LogP contribution in [0.5, 0.6) is 0 Å². The summed E-state index contributed by atoms with van der Waals surface area (Å²) in [6.07, 6.45) is 0.739. The van der Waals surface area contributed by atoms with E-state index in [0.29, 0.717) is 21.1 Å². The number of fused-ring (bicyclic) bond motifs is 1. The molecule has 5 nitrogen and oxygen atoms in total. The van der Waals surface area contributed by atoms with E-state index in [1.165, 1.54) is 0 Å². The average molecular weight is 355 g/mol.